The van der Waals surface area contributed by atoms with E-state index in [0.29, 0.717) is 38.7 Å². The van der Waals surface area contributed by atoms with Crippen LogP contribution >= 0.6 is 11.3 Å². The number of terminal acetylenes is 1. The van der Waals surface area contributed by atoms with Gasteiger partial charge in [-0.2, -0.15) is 0 Å². The smallest absolute Gasteiger partial charge is 0.338 e. The molecule has 1 aliphatic rings. The average Bonchev–Trinajstić information content (AvgIpc) is 3.26. The third-order valence-corrected chi connectivity index (χ3v) is 7.52. The van der Waals surface area contributed by atoms with Crippen molar-refractivity contribution in [1.29, 1.82) is 0 Å². The number of fused-ring (bicyclic) bond motifs is 2. The molecule has 40 heavy (non-hydrogen) atoms. The molecule has 1 aliphatic heterocycles. The van der Waals surface area contributed by atoms with E-state index < -0.39 is 12.0 Å². The van der Waals surface area contributed by atoms with Gasteiger partial charge in [-0.25, -0.2) is 9.79 Å². The van der Waals surface area contributed by atoms with Crippen molar-refractivity contribution >= 4 is 34.2 Å². The van der Waals surface area contributed by atoms with Crippen molar-refractivity contribution < 1.29 is 19.0 Å². The van der Waals surface area contributed by atoms with Crippen LogP contribution in [0.5, 0.6) is 11.5 Å². The minimum Gasteiger partial charge on any atom is -0.494 e. The molecular formula is C32H28N2O5S. The topological polar surface area (TPSA) is 79.1 Å². The number of aromatic nitrogens is 1. The minimum absolute atomic E-state index is 0.0975. The summed E-state index contributed by atoms with van der Waals surface area (Å²) < 4.78 is 18.9. The molecule has 2 heterocycles. The summed E-state index contributed by atoms with van der Waals surface area (Å²) in [4.78, 5) is 32.4. The van der Waals surface area contributed by atoms with Gasteiger partial charge in [0.25, 0.3) is 5.56 Å². The molecule has 1 aromatic heterocycles. The fraction of sp³-hybridized carbons (Fsp3) is 0.219. The maximum Gasteiger partial charge on any atom is 0.338 e. The summed E-state index contributed by atoms with van der Waals surface area (Å²) in [5.74, 6) is 3.28. The monoisotopic (exact) mass is 552 g/mol. The van der Waals surface area contributed by atoms with Gasteiger partial charge in [0.1, 0.15) is 18.1 Å². The van der Waals surface area contributed by atoms with E-state index in [1.165, 1.54) is 11.3 Å². The molecule has 0 spiro atoms. The Bertz CT molecular complexity index is 1840. The van der Waals surface area contributed by atoms with Crippen molar-refractivity contribution in [2.24, 2.45) is 4.99 Å². The highest BCUT2D eigenvalue weighted by atomic mass is 32.1. The van der Waals surface area contributed by atoms with Crippen LogP contribution in [-0.2, 0) is 9.53 Å². The van der Waals surface area contributed by atoms with Crippen LogP contribution in [0.4, 0.5) is 0 Å². The first-order valence-electron chi connectivity index (χ1n) is 13.0. The molecule has 0 fully saturated rings. The molecule has 3 aromatic carbocycles. The molecule has 0 saturated carbocycles. The number of carbonyl (C=O) groups is 1. The van der Waals surface area contributed by atoms with Gasteiger partial charge < -0.3 is 14.2 Å². The molecule has 1 atom stereocenters. The van der Waals surface area contributed by atoms with Gasteiger partial charge >= 0.3 is 5.97 Å². The SMILES string of the molecule is C#CCOc1ccc2ccccc2c1/C=c1\sc2n(c1=O)[C@@H](c1ccc(OCC)cc1)C(C(=O)OCC)=C(C)N=2. The van der Waals surface area contributed by atoms with E-state index in [1.807, 2.05) is 73.7 Å². The van der Waals surface area contributed by atoms with E-state index in [0.717, 1.165) is 21.9 Å². The number of nitrogens with zero attached hydrogens (tertiary/aromatic N) is 2. The lowest BCUT2D eigenvalue weighted by molar-refractivity contribution is -0.139. The van der Waals surface area contributed by atoms with Gasteiger partial charge in [0, 0.05) is 5.56 Å². The predicted octanol–water partition coefficient (Wildman–Crippen LogP) is 4.36. The maximum absolute atomic E-state index is 14.1. The van der Waals surface area contributed by atoms with E-state index in [9.17, 15) is 9.59 Å². The second kappa shape index (κ2) is 11.6. The first-order valence-corrected chi connectivity index (χ1v) is 13.8. The third-order valence-electron chi connectivity index (χ3n) is 6.54. The molecule has 0 radical (unpaired) electrons. The number of thiazole rings is 1. The van der Waals surface area contributed by atoms with Crippen LogP contribution in [0.2, 0.25) is 0 Å². The van der Waals surface area contributed by atoms with E-state index in [1.54, 1.807) is 18.4 Å². The van der Waals surface area contributed by atoms with Gasteiger partial charge in [0.05, 0.1) is 35.1 Å². The standard InChI is InChI=1S/C32H28N2O5S/c1-5-18-39-26-17-14-21-10-8-9-11-24(21)25(26)19-27-30(35)34-29(22-12-15-23(16-13-22)37-6-2)28(31(36)38-7-3)20(4)33-32(34)40-27/h1,8-17,19,29H,6-7,18H2,2-4H3/b27-19-/t29-/m0/s1. The van der Waals surface area contributed by atoms with Crippen LogP contribution in [0.25, 0.3) is 16.8 Å². The van der Waals surface area contributed by atoms with Gasteiger partial charge in [-0.1, -0.05) is 59.7 Å². The number of ether oxygens (including phenoxy) is 3. The largest absolute Gasteiger partial charge is 0.494 e. The Labute approximate surface area is 235 Å². The van der Waals surface area contributed by atoms with Gasteiger partial charge in [-0.15, -0.1) is 6.42 Å². The Morgan fingerprint density at radius 1 is 1.07 bits per heavy atom. The molecular weight excluding hydrogens is 524 g/mol. The highest BCUT2D eigenvalue weighted by Crippen LogP contribution is 2.32. The fourth-order valence-corrected chi connectivity index (χ4v) is 5.85. The zero-order valence-corrected chi connectivity index (χ0v) is 23.3. The van der Waals surface area contributed by atoms with Crippen LogP contribution in [0.1, 0.15) is 37.9 Å². The first-order chi connectivity index (χ1) is 19.5. The Hall–Kier alpha value is -4.61. The van der Waals surface area contributed by atoms with Crippen LogP contribution in [0.15, 0.2) is 81.7 Å². The summed E-state index contributed by atoms with van der Waals surface area (Å²) in [5, 5.41) is 1.93. The van der Waals surface area contributed by atoms with Gasteiger partial charge in [-0.3, -0.25) is 9.36 Å². The number of hydrogen-bond donors (Lipinski definition) is 0. The summed E-state index contributed by atoms with van der Waals surface area (Å²) in [7, 11) is 0. The molecule has 8 heteroatoms. The Morgan fingerprint density at radius 3 is 2.58 bits per heavy atom. The molecule has 0 bridgehead atoms. The number of rotatable bonds is 8. The summed E-state index contributed by atoms with van der Waals surface area (Å²) >= 11 is 1.26. The van der Waals surface area contributed by atoms with Crippen molar-refractivity contribution in [3.05, 3.63) is 103 Å². The lowest BCUT2D eigenvalue weighted by atomic mass is 9.96. The zero-order valence-electron chi connectivity index (χ0n) is 22.5. The van der Waals surface area contributed by atoms with Crippen molar-refractivity contribution in [3.8, 4) is 23.8 Å². The predicted molar refractivity (Wildman–Crippen MR) is 156 cm³/mol. The van der Waals surface area contributed by atoms with Crippen molar-refractivity contribution in [3.63, 3.8) is 0 Å². The number of esters is 1. The number of hydrogen-bond acceptors (Lipinski definition) is 7. The second-order valence-electron chi connectivity index (χ2n) is 9.00. The van der Waals surface area contributed by atoms with Gasteiger partial charge in [-0.05, 0) is 61.4 Å². The van der Waals surface area contributed by atoms with Crippen LogP contribution in [0, 0.1) is 12.3 Å². The Balaban J connectivity index is 1.74. The molecule has 202 valence electrons. The van der Waals surface area contributed by atoms with Crippen molar-refractivity contribution in [2.45, 2.75) is 26.8 Å². The number of allylic oxidation sites excluding steroid dienone is 1. The number of carbonyl (C=O) groups excluding carboxylic acids is 1. The maximum atomic E-state index is 14.1. The molecule has 0 saturated heterocycles. The van der Waals surface area contributed by atoms with Gasteiger partial charge in [0.15, 0.2) is 4.80 Å². The molecule has 0 aliphatic carbocycles. The van der Waals surface area contributed by atoms with E-state index in [2.05, 4.69) is 10.9 Å². The Kier molecular flexibility index (Phi) is 7.85. The third kappa shape index (κ3) is 5.04. The van der Waals surface area contributed by atoms with Crippen molar-refractivity contribution in [2.75, 3.05) is 19.8 Å². The molecule has 0 unspecified atom stereocenters. The Morgan fingerprint density at radius 2 is 1.85 bits per heavy atom. The molecule has 4 aromatic rings. The lowest BCUT2D eigenvalue weighted by Gasteiger charge is -2.24. The molecule has 7 nitrogen and oxygen atoms in total. The highest BCUT2D eigenvalue weighted by Gasteiger charge is 2.33. The minimum atomic E-state index is -0.710. The first kappa shape index (κ1) is 27.0. The van der Waals surface area contributed by atoms with E-state index in [-0.39, 0.29) is 18.8 Å². The summed E-state index contributed by atoms with van der Waals surface area (Å²) in [6.45, 7) is 6.26. The quantitative estimate of drug-likeness (QED) is 0.240. The van der Waals surface area contributed by atoms with E-state index >= 15 is 0 Å². The average molecular weight is 553 g/mol. The summed E-state index contributed by atoms with van der Waals surface area (Å²) in [5.41, 5.74) is 2.06. The van der Waals surface area contributed by atoms with Crippen LogP contribution < -0.4 is 24.4 Å². The summed E-state index contributed by atoms with van der Waals surface area (Å²) in [6, 6.07) is 18.4. The molecule has 0 N–H and O–H groups in total. The molecule has 0 amide bonds. The highest BCUT2D eigenvalue weighted by molar-refractivity contribution is 7.07. The van der Waals surface area contributed by atoms with Gasteiger partial charge in [0.2, 0.25) is 0 Å². The molecule has 5 rings (SSSR count). The lowest BCUT2D eigenvalue weighted by Crippen LogP contribution is -2.39. The van der Waals surface area contributed by atoms with Crippen molar-refractivity contribution in [1.82, 2.24) is 4.57 Å². The van der Waals surface area contributed by atoms with Crippen LogP contribution in [-0.4, -0.2) is 30.4 Å². The zero-order chi connectivity index (χ0) is 28.2. The number of benzene rings is 3. The second-order valence-corrected chi connectivity index (χ2v) is 10.0. The van der Waals surface area contributed by atoms with Crippen LogP contribution in [0.3, 0.4) is 0 Å². The fourth-order valence-electron chi connectivity index (χ4n) is 4.82. The van der Waals surface area contributed by atoms with E-state index in [4.69, 9.17) is 20.6 Å². The summed E-state index contributed by atoms with van der Waals surface area (Å²) in [6.07, 6.45) is 7.27. The normalized spacial score (nSPS) is 14.8.